The van der Waals surface area contributed by atoms with Crippen LogP contribution in [0.15, 0.2) is 18.2 Å². The van der Waals surface area contributed by atoms with Crippen molar-refractivity contribution in [3.63, 3.8) is 0 Å². The quantitative estimate of drug-likeness (QED) is 0.760. The zero-order valence-corrected chi connectivity index (χ0v) is 11.6. The van der Waals surface area contributed by atoms with Gasteiger partial charge in [-0.15, -0.1) is 0 Å². The van der Waals surface area contributed by atoms with Gasteiger partial charge in [0.2, 0.25) is 0 Å². The highest BCUT2D eigenvalue weighted by Gasteiger charge is 2.04. The van der Waals surface area contributed by atoms with Crippen molar-refractivity contribution in [2.75, 3.05) is 0 Å². The van der Waals surface area contributed by atoms with Crippen LogP contribution in [0.3, 0.4) is 0 Å². The van der Waals surface area contributed by atoms with E-state index in [0.717, 1.165) is 25.7 Å². The number of hydrogen-bond donors (Lipinski definition) is 1. The molecule has 0 saturated heterocycles. The van der Waals surface area contributed by atoms with E-state index < -0.39 is 0 Å². The minimum atomic E-state index is 0.384. The topological polar surface area (TPSA) is 26.0 Å². The summed E-state index contributed by atoms with van der Waals surface area (Å²) in [5.74, 6) is 0. The van der Waals surface area contributed by atoms with Crippen LogP contribution in [0.1, 0.15) is 56.7 Å². The largest absolute Gasteiger partial charge is 0.328 e. The predicted octanol–water partition coefficient (Wildman–Crippen LogP) is 3.87. The monoisotopic (exact) mass is 233 g/mol. The van der Waals surface area contributed by atoms with Gasteiger partial charge in [0.25, 0.3) is 0 Å². The highest BCUT2D eigenvalue weighted by molar-refractivity contribution is 5.32. The molecule has 1 nitrogen and oxygen atoms in total. The van der Waals surface area contributed by atoms with E-state index in [9.17, 15) is 0 Å². The summed E-state index contributed by atoms with van der Waals surface area (Å²) in [5.41, 5.74) is 10.5. The lowest BCUT2D eigenvalue weighted by atomic mass is 9.95. The van der Waals surface area contributed by atoms with E-state index in [1.54, 1.807) is 0 Å². The summed E-state index contributed by atoms with van der Waals surface area (Å²) in [5, 5.41) is 0. The standard InChI is InChI=1S/C16H27N/c1-4-13-10-11-14(5-2)15(12-13)8-7-9-16(17)6-3/h10-12,16H,4-9,17H2,1-3H3. The summed E-state index contributed by atoms with van der Waals surface area (Å²) < 4.78 is 0. The first-order chi connectivity index (χ1) is 8.21. The SMILES string of the molecule is CCc1ccc(CC)c(CCCC(N)CC)c1. The average Bonchev–Trinajstić information content (AvgIpc) is 2.38. The van der Waals surface area contributed by atoms with Crippen LogP contribution >= 0.6 is 0 Å². The second-order valence-corrected chi connectivity index (χ2v) is 4.87. The third-order valence-corrected chi connectivity index (χ3v) is 3.61. The zero-order chi connectivity index (χ0) is 12.7. The summed E-state index contributed by atoms with van der Waals surface area (Å²) in [6, 6.07) is 7.33. The lowest BCUT2D eigenvalue weighted by Gasteiger charge is -2.12. The van der Waals surface area contributed by atoms with Gasteiger partial charge in [-0.2, -0.15) is 0 Å². The van der Waals surface area contributed by atoms with E-state index in [0.29, 0.717) is 6.04 Å². The van der Waals surface area contributed by atoms with Crippen molar-refractivity contribution in [2.45, 2.75) is 65.3 Å². The second kappa shape index (κ2) is 7.50. The fraction of sp³-hybridized carbons (Fsp3) is 0.625. The summed E-state index contributed by atoms with van der Waals surface area (Å²) in [4.78, 5) is 0. The van der Waals surface area contributed by atoms with Gasteiger partial charge < -0.3 is 5.73 Å². The summed E-state index contributed by atoms with van der Waals surface area (Å²) >= 11 is 0. The normalized spacial score (nSPS) is 12.7. The minimum Gasteiger partial charge on any atom is -0.328 e. The number of hydrogen-bond acceptors (Lipinski definition) is 1. The average molecular weight is 233 g/mol. The molecule has 1 rings (SSSR count). The molecular weight excluding hydrogens is 206 g/mol. The van der Waals surface area contributed by atoms with Crippen LogP contribution < -0.4 is 5.73 Å². The predicted molar refractivity (Wildman–Crippen MR) is 76.4 cm³/mol. The van der Waals surface area contributed by atoms with Gasteiger partial charge >= 0.3 is 0 Å². The molecule has 0 heterocycles. The maximum Gasteiger partial charge on any atom is 0.00363 e. The lowest BCUT2D eigenvalue weighted by molar-refractivity contribution is 0.567. The molecule has 0 radical (unpaired) electrons. The minimum absolute atomic E-state index is 0.384. The van der Waals surface area contributed by atoms with Crippen LogP contribution in [0.4, 0.5) is 0 Å². The molecule has 0 saturated carbocycles. The number of benzene rings is 1. The summed E-state index contributed by atoms with van der Waals surface area (Å²) in [7, 11) is 0. The molecule has 1 aromatic rings. The molecular formula is C16H27N. The van der Waals surface area contributed by atoms with Crippen molar-refractivity contribution in [1.29, 1.82) is 0 Å². The molecule has 96 valence electrons. The van der Waals surface area contributed by atoms with Gasteiger partial charge in [0.1, 0.15) is 0 Å². The van der Waals surface area contributed by atoms with Crippen LogP contribution in [0.2, 0.25) is 0 Å². The molecule has 2 N–H and O–H groups in total. The Bertz CT molecular complexity index is 330. The Labute approximate surface area is 106 Å². The van der Waals surface area contributed by atoms with Crippen LogP contribution in [0.25, 0.3) is 0 Å². The first kappa shape index (κ1) is 14.2. The maximum absolute atomic E-state index is 5.96. The van der Waals surface area contributed by atoms with Gasteiger partial charge in [0, 0.05) is 6.04 Å². The smallest absolute Gasteiger partial charge is 0.00363 e. The van der Waals surface area contributed by atoms with Crippen molar-refractivity contribution in [3.05, 3.63) is 34.9 Å². The van der Waals surface area contributed by atoms with Crippen molar-refractivity contribution >= 4 is 0 Å². The van der Waals surface area contributed by atoms with Crippen molar-refractivity contribution < 1.29 is 0 Å². The lowest BCUT2D eigenvalue weighted by Crippen LogP contribution is -2.18. The van der Waals surface area contributed by atoms with Crippen molar-refractivity contribution in [3.8, 4) is 0 Å². The molecule has 0 aliphatic heterocycles. The Hall–Kier alpha value is -0.820. The molecule has 0 amide bonds. The molecule has 1 heteroatoms. The first-order valence-electron chi connectivity index (χ1n) is 7.07. The van der Waals surface area contributed by atoms with Gasteiger partial charge in [-0.1, -0.05) is 39.0 Å². The van der Waals surface area contributed by atoms with Gasteiger partial charge in [0.05, 0.1) is 0 Å². The highest BCUT2D eigenvalue weighted by atomic mass is 14.6. The Balaban J connectivity index is 2.61. The fourth-order valence-electron chi connectivity index (χ4n) is 2.24. The molecule has 0 spiro atoms. The Kier molecular flexibility index (Phi) is 6.28. The maximum atomic E-state index is 5.96. The van der Waals surface area contributed by atoms with Crippen molar-refractivity contribution in [1.82, 2.24) is 0 Å². The van der Waals surface area contributed by atoms with Gasteiger partial charge in [0.15, 0.2) is 0 Å². The van der Waals surface area contributed by atoms with Gasteiger partial charge in [-0.25, -0.2) is 0 Å². The summed E-state index contributed by atoms with van der Waals surface area (Å²) in [6.07, 6.45) is 6.91. The van der Waals surface area contributed by atoms with E-state index >= 15 is 0 Å². The van der Waals surface area contributed by atoms with Crippen molar-refractivity contribution in [2.24, 2.45) is 5.73 Å². The third kappa shape index (κ3) is 4.51. The molecule has 0 aliphatic carbocycles. The molecule has 1 atom stereocenters. The second-order valence-electron chi connectivity index (χ2n) is 4.87. The van der Waals surface area contributed by atoms with Crippen LogP contribution in [-0.2, 0) is 19.3 Å². The molecule has 1 unspecified atom stereocenters. The van der Waals surface area contributed by atoms with Crippen LogP contribution in [-0.4, -0.2) is 6.04 Å². The van der Waals surface area contributed by atoms with Crippen LogP contribution in [0.5, 0.6) is 0 Å². The molecule has 0 aromatic heterocycles. The van der Waals surface area contributed by atoms with Gasteiger partial charge in [-0.3, -0.25) is 0 Å². The fourth-order valence-corrected chi connectivity index (χ4v) is 2.24. The Morgan fingerprint density at radius 1 is 1.06 bits per heavy atom. The van der Waals surface area contributed by atoms with E-state index in [2.05, 4.69) is 39.0 Å². The Morgan fingerprint density at radius 2 is 1.82 bits per heavy atom. The number of nitrogens with two attached hydrogens (primary N) is 1. The molecule has 1 aromatic carbocycles. The zero-order valence-electron chi connectivity index (χ0n) is 11.6. The van der Waals surface area contributed by atoms with Gasteiger partial charge in [-0.05, 0) is 55.2 Å². The number of aryl methyl sites for hydroxylation is 3. The van der Waals surface area contributed by atoms with E-state index in [1.807, 2.05) is 0 Å². The molecule has 0 bridgehead atoms. The molecule has 0 aliphatic rings. The van der Waals surface area contributed by atoms with E-state index in [-0.39, 0.29) is 0 Å². The molecule has 17 heavy (non-hydrogen) atoms. The molecule has 0 fully saturated rings. The van der Waals surface area contributed by atoms with Crippen LogP contribution in [0, 0.1) is 0 Å². The van der Waals surface area contributed by atoms with E-state index in [4.69, 9.17) is 5.73 Å². The van der Waals surface area contributed by atoms with E-state index in [1.165, 1.54) is 29.5 Å². The number of rotatable bonds is 7. The third-order valence-electron chi connectivity index (χ3n) is 3.61. The summed E-state index contributed by atoms with van der Waals surface area (Å²) in [6.45, 7) is 6.62. The first-order valence-corrected chi connectivity index (χ1v) is 7.07. The highest BCUT2D eigenvalue weighted by Crippen LogP contribution is 2.16. The Morgan fingerprint density at radius 3 is 2.41 bits per heavy atom.